The van der Waals surface area contributed by atoms with E-state index in [-0.39, 0.29) is 12.4 Å². The second kappa shape index (κ2) is 5.32. The Bertz CT molecular complexity index is 650. The number of ether oxygens (including phenoxy) is 1. The molecule has 19 heavy (non-hydrogen) atoms. The summed E-state index contributed by atoms with van der Waals surface area (Å²) in [5, 5.41) is 0. The molecule has 1 heterocycles. The number of anilines is 1. The van der Waals surface area contributed by atoms with Crippen molar-refractivity contribution < 1.29 is 13.9 Å². The molecule has 0 spiro atoms. The van der Waals surface area contributed by atoms with Gasteiger partial charge in [-0.15, -0.1) is 6.42 Å². The van der Waals surface area contributed by atoms with Gasteiger partial charge in [-0.3, -0.25) is 0 Å². The van der Waals surface area contributed by atoms with E-state index in [0.717, 1.165) is 11.1 Å². The van der Waals surface area contributed by atoms with Crippen LogP contribution in [-0.4, -0.2) is 12.6 Å². The van der Waals surface area contributed by atoms with Gasteiger partial charge in [-0.2, -0.15) is 0 Å². The zero-order chi connectivity index (χ0) is 13.8. The van der Waals surface area contributed by atoms with Crippen molar-refractivity contribution in [3.63, 3.8) is 0 Å². The maximum Gasteiger partial charge on any atom is 0.375 e. The van der Waals surface area contributed by atoms with Crippen LogP contribution in [0, 0.1) is 19.3 Å². The molecule has 2 rings (SSSR count). The molecule has 0 fully saturated rings. The van der Waals surface area contributed by atoms with E-state index >= 15 is 0 Å². The van der Waals surface area contributed by atoms with Crippen molar-refractivity contribution in [1.29, 1.82) is 0 Å². The van der Waals surface area contributed by atoms with Gasteiger partial charge in [0, 0.05) is 11.3 Å². The first kappa shape index (κ1) is 12.8. The summed E-state index contributed by atoms with van der Waals surface area (Å²) in [6.45, 7) is 1.86. The molecule has 4 heteroatoms. The summed E-state index contributed by atoms with van der Waals surface area (Å²) < 4.78 is 10.3. The van der Waals surface area contributed by atoms with E-state index in [0.29, 0.717) is 11.4 Å². The molecular formula is C15H13NO3. The van der Waals surface area contributed by atoms with Gasteiger partial charge in [-0.25, -0.2) is 4.79 Å². The number of terminal acetylenes is 1. The number of rotatable bonds is 3. The van der Waals surface area contributed by atoms with Crippen molar-refractivity contribution in [3.8, 4) is 23.7 Å². The van der Waals surface area contributed by atoms with Crippen molar-refractivity contribution >= 4 is 11.7 Å². The van der Waals surface area contributed by atoms with Crippen molar-refractivity contribution in [1.82, 2.24) is 0 Å². The number of nitrogen functional groups attached to an aromatic ring is 1. The molecule has 4 nitrogen and oxygen atoms in total. The monoisotopic (exact) mass is 255 g/mol. The lowest BCUT2D eigenvalue weighted by molar-refractivity contribution is 0.0521. The van der Waals surface area contributed by atoms with Gasteiger partial charge in [0.15, 0.2) is 6.61 Å². The highest BCUT2D eigenvalue weighted by atomic mass is 16.5. The standard InChI is InChI=1S/C15H13NO3/c1-3-8-18-15(17)14-7-6-13(19-14)12-9-11(16)5-4-10(12)2/h1,4-7,9H,8,16H2,2H3. The fourth-order valence-electron chi connectivity index (χ4n) is 1.68. The maximum absolute atomic E-state index is 11.6. The van der Waals surface area contributed by atoms with E-state index in [1.807, 2.05) is 19.1 Å². The summed E-state index contributed by atoms with van der Waals surface area (Å²) in [6.07, 6.45) is 5.02. The van der Waals surface area contributed by atoms with Crippen LogP contribution in [0.25, 0.3) is 11.3 Å². The Kier molecular flexibility index (Phi) is 3.58. The molecule has 0 bridgehead atoms. The first-order chi connectivity index (χ1) is 9.11. The maximum atomic E-state index is 11.6. The van der Waals surface area contributed by atoms with E-state index in [9.17, 15) is 4.79 Å². The number of aryl methyl sites for hydroxylation is 1. The molecule has 0 amide bonds. The van der Waals surface area contributed by atoms with E-state index < -0.39 is 5.97 Å². The second-order valence-corrected chi connectivity index (χ2v) is 4.02. The summed E-state index contributed by atoms with van der Waals surface area (Å²) in [4.78, 5) is 11.6. The zero-order valence-corrected chi connectivity index (χ0v) is 10.5. The minimum Gasteiger partial charge on any atom is -0.449 e. The van der Waals surface area contributed by atoms with Gasteiger partial charge >= 0.3 is 5.97 Å². The summed E-state index contributed by atoms with van der Waals surface area (Å²) in [7, 11) is 0. The third kappa shape index (κ3) is 2.78. The van der Waals surface area contributed by atoms with Gasteiger partial charge in [0.05, 0.1) is 0 Å². The highest BCUT2D eigenvalue weighted by molar-refractivity contribution is 5.87. The summed E-state index contributed by atoms with van der Waals surface area (Å²) in [6, 6.07) is 8.75. The van der Waals surface area contributed by atoms with Crippen LogP contribution in [0.1, 0.15) is 16.1 Å². The Labute approximate surface area is 111 Å². The number of esters is 1. The van der Waals surface area contributed by atoms with Crippen molar-refractivity contribution in [3.05, 3.63) is 41.7 Å². The molecule has 1 aromatic heterocycles. The van der Waals surface area contributed by atoms with E-state index in [1.54, 1.807) is 18.2 Å². The number of hydrogen-bond donors (Lipinski definition) is 1. The smallest absolute Gasteiger partial charge is 0.375 e. The molecule has 0 saturated heterocycles. The van der Waals surface area contributed by atoms with Gasteiger partial charge in [0.25, 0.3) is 0 Å². The molecule has 0 aliphatic heterocycles. The number of nitrogens with two attached hydrogens (primary N) is 1. The van der Waals surface area contributed by atoms with Crippen LogP contribution in [0.5, 0.6) is 0 Å². The van der Waals surface area contributed by atoms with Gasteiger partial charge in [-0.1, -0.05) is 12.0 Å². The lowest BCUT2D eigenvalue weighted by Gasteiger charge is -2.03. The number of furan rings is 1. The Morgan fingerprint density at radius 2 is 2.21 bits per heavy atom. The van der Waals surface area contributed by atoms with Crippen molar-refractivity contribution in [2.24, 2.45) is 0 Å². The first-order valence-corrected chi connectivity index (χ1v) is 5.68. The summed E-state index contributed by atoms with van der Waals surface area (Å²) in [5.41, 5.74) is 8.22. The first-order valence-electron chi connectivity index (χ1n) is 5.68. The van der Waals surface area contributed by atoms with Gasteiger partial charge in [0.1, 0.15) is 5.76 Å². The number of hydrogen-bond acceptors (Lipinski definition) is 4. The quantitative estimate of drug-likeness (QED) is 0.520. The Morgan fingerprint density at radius 3 is 2.95 bits per heavy atom. The van der Waals surface area contributed by atoms with Gasteiger partial charge < -0.3 is 14.9 Å². The third-order valence-corrected chi connectivity index (χ3v) is 2.62. The molecule has 0 radical (unpaired) electrons. The SMILES string of the molecule is C#CCOC(=O)c1ccc(-c2cc(N)ccc2C)o1. The average Bonchev–Trinajstić information content (AvgIpc) is 2.88. The molecule has 0 aliphatic rings. The molecule has 0 saturated carbocycles. The molecule has 2 N–H and O–H groups in total. The van der Waals surface area contributed by atoms with Crippen molar-refractivity contribution in [2.75, 3.05) is 12.3 Å². The Morgan fingerprint density at radius 1 is 1.42 bits per heavy atom. The number of carbonyl (C=O) groups is 1. The fourth-order valence-corrected chi connectivity index (χ4v) is 1.68. The van der Waals surface area contributed by atoms with E-state index in [2.05, 4.69) is 5.92 Å². The van der Waals surface area contributed by atoms with E-state index in [1.165, 1.54) is 0 Å². The Balaban J connectivity index is 2.28. The topological polar surface area (TPSA) is 65.5 Å². The Hall–Kier alpha value is -2.67. The lowest BCUT2D eigenvalue weighted by Crippen LogP contribution is -2.03. The van der Waals surface area contributed by atoms with Gasteiger partial charge in [-0.05, 0) is 36.8 Å². The molecule has 0 unspecified atom stereocenters. The minimum absolute atomic E-state index is 0.0772. The fraction of sp³-hybridized carbons (Fsp3) is 0.133. The summed E-state index contributed by atoms with van der Waals surface area (Å²) >= 11 is 0. The molecule has 96 valence electrons. The highest BCUT2D eigenvalue weighted by Gasteiger charge is 2.14. The van der Waals surface area contributed by atoms with Crippen molar-refractivity contribution in [2.45, 2.75) is 6.92 Å². The second-order valence-electron chi connectivity index (χ2n) is 4.02. The van der Waals surface area contributed by atoms with Crippen LogP contribution < -0.4 is 5.73 Å². The largest absolute Gasteiger partial charge is 0.449 e. The van der Waals surface area contributed by atoms with Crippen LogP contribution in [0.4, 0.5) is 5.69 Å². The molecule has 0 atom stereocenters. The molecule has 0 aliphatic carbocycles. The molecular weight excluding hydrogens is 242 g/mol. The van der Waals surface area contributed by atoms with Crippen LogP contribution in [0.3, 0.4) is 0 Å². The highest BCUT2D eigenvalue weighted by Crippen LogP contribution is 2.27. The predicted molar refractivity (Wildman–Crippen MR) is 72.4 cm³/mol. The zero-order valence-electron chi connectivity index (χ0n) is 10.5. The van der Waals surface area contributed by atoms with Crippen LogP contribution in [0.2, 0.25) is 0 Å². The normalized spacial score (nSPS) is 9.89. The molecule has 1 aromatic carbocycles. The average molecular weight is 255 g/mol. The number of carbonyl (C=O) groups excluding carboxylic acids is 1. The predicted octanol–water partition coefficient (Wildman–Crippen LogP) is 2.63. The van der Waals surface area contributed by atoms with Crippen LogP contribution >= 0.6 is 0 Å². The molecule has 2 aromatic rings. The summed E-state index contributed by atoms with van der Waals surface area (Å²) in [5.74, 6) is 2.33. The van der Waals surface area contributed by atoms with Crippen LogP contribution in [-0.2, 0) is 4.74 Å². The van der Waals surface area contributed by atoms with E-state index in [4.69, 9.17) is 21.3 Å². The third-order valence-electron chi connectivity index (χ3n) is 2.62. The van der Waals surface area contributed by atoms with Gasteiger partial charge in [0.2, 0.25) is 5.76 Å². The number of benzene rings is 1. The van der Waals surface area contributed by atoms with Crippen LogP contribution in [0.15, 0.2) is 34.7 Å². The lowest BCUT2D eigenvalue weighted by atomic mass is 10.1. The minimum atomic E-state index is -0.578.